The molecular weight excluding hydrogens is 544 g/mol. The van der Waals surface area contributed by atoms with Crippen LogP contribution in [0, 0.1) is 11.6 Å². The van der Waals surface area contributed by atoms with E-state index >= 15 is 0 Å². The zero-order valence-electron chi connectivity index (χ0n) is 23.2. The summed E-state index contributed by atoms with van der Waals surface area (Å²) in [6, 6.07) is 12.1. The first-order valence-corrected chi connectivity index (χ1v) is 14.0. The van der Waals surface area contributed by atoms with Crippen molar-refractivity contribution in [1.82, 2.24) is 19.5 Å². The number of aromatic nitrogens is 3. The van der Waals surface area contributed by atoms with Gasteiger partial charge in [-0.3, -0.25) is 9.59 Å². The van der Waals surface area contributed by atoms with Crippen molar-refractivity contribution in [3.63, 3.8) is 0 Å². The fourth-order valence-electron chi connectivity index (χ4n) is 5.48. The molecule has 0 spiro atoms. The molecule has 4 heterocycles. The number of nitrogens with one attached hydrogen (secondary N) is 1. The second kappa shape index (κ2) is 11.7. The first-order valence-electron chi connectivity index (χ1n) is 14.0. The van der Waals surface area contributed by atoms with Gasteiger partial charge in [0.25, 0.3) is 5.91 Å². The van der Waals surface area contributed by atoms with E-state index in [2.05, 4.69) is 15.3 Å². The highest BCUT2D eigenvalue weighted by atomic mass is 19.1. The molecule has 0 bridgehead atoms. The molecule has 2 aliphatic rings. The Labute approximate surface area is 241 Å². The lowest BCUT2D eigenvalue weighted by molar-refractivity contribution is -0.131. The second-order valence-electron chi connectivity index (χ2n) is 10.3. The van der Waals surface area contributed by atoms with Crippen molar-refractivity contribution in [2.24, 2.45) is 0 Å². The lowest BCUT2D eigenvalue weighted by Gasteiger charge is -2.36. The number of halogens is 2. The van der Waals surface area contributed by atoms with Gasteiger partial charge in [0.05, 0.1) is 25.5 Å². The normalized spacial score (nSPS) is 17.5. The Bertz CT molecular complexity index is 1600. The number of anilines is 3. The Balaban J connectivity index is 1.18. The van der Waals surface area contributed by atoms with Gasteiger partial charge < -0.3 is 24.8 Å². The number of fused-ring (bicyclic) bond motifs is 1. The molecule has 2 saturated heterocycles. The third kappa shape index (κ3) is 5.49. The summed E-state index contributed by atoms with van der Waals surface area (Å²) < 4.78 is 35.7. The van der Waals surface area contributed by atoms with E-state index in [1.165, 1.54) is 16.8 Å². The highest BCUT2D eigenvalue weighted by Gasteiger charge is 2.29. The summed E-state index contributed by atoms with van der Waals surface area (Å²) in [6.45, 7) is 5.75. The number of ether oxygens (including phenoxy) is 1. The van der Waals surface area contributed by atoms with Crippen LogP contribution in [-0.2, 0) is 9.53 Å². The Hall–Kier alpha value is -4.58. The summed E-state index contributed by atoms with van der Waals surface area (Å²) in [5.41, 5.74) is 2.44. The van der Waals surface area contributed by atoms with Crippen LogP contribution in [0.15, 0.2) is 60.9 Å². The van der Waals surface area contributed by atoms with Gasteiger partial charge in [0.15, 0.2) is 5.65 Å². The van der Waals surface area contributed by atoms with Crippen LogP contribution in [-0.4, -0.2) is 77.2 Å². The summed E-state index contributed by atoms with van der Waals surface area (Å²) in [5, 5.41) is 7.19. The predicted octanol–water partition coefficient (Wildman–Crippen LogP) is 3.90. The summed E-state index contributed by atoms with van der Waals surface area (Å²) in [4.78, 5) is 35.9. The standard InChI is InChI=1S/C30H31F2N7O3/c1-2-28(40)37-13-11-36(12-14-37)22-6-4-21(5-7-22)34-30(41)24-18-33-39-10-9-27(35-29(24)39)38-15-16-42-19-26(38)23-17-20(31)3-8-25(23)32/h3-10,17-18,26H,2,11-16,19H2,1H3,(H,34,41). The fraction of sp³-hybridized carbons (Fsp3) is 0.333. The number of piperazine rings is 1. The fourth-order valence-corrected chi connectivity index (χ4v) is 5.48. The van der Waals surface area contributed by atoms with Gasteiger partial charge in [-0.05, 0) is 48.5 Å². The molecule has 10 nitrogen and oxygen atoms in total. The molecular formula is C30H31F2N7O3. The highest BCUT2D eigenvalue weighted by Crippen LogP contribution is 2.31. The van der Waals surface area contributed by atoms with Crippen LogP contribution in [0.2, 0.25) is 0 Å². The molecule has 1 atom stereocenters. The van der Waals surface area contributed by atoms with E-state index in [1.807, 2.05) is 41.0 Å². The van der Waals surface area contributed by atoms with Crippen LogP contribution in [0.4, 0.5) is 26.0 Å². The predicted molar refractivity (Wildman–Crippen MR) is 154 cm³/mol. The minimum absolute atomic E-state index is 0.169. The van der Waals surface area contributed by atoms with Crippen molar-refractivity contribution in [2.45, 2.75) is 19.4 Å². The maximum absolute atomic E-state index is 14.7. The smallest absolute Gasteiger partial charge is 0.261 e. The molecule has 4 aromatic rings. The topological polar surface area (TPSA) is 95.3 Å². The van der Waals surface area contributed by atoms with E-state index in [0.29, 0.717) is 49.8 Å². The van der Waals surface area contributed by atoms with Crippen molar-refractivity contribution in [3.05, 3.63) is 83.7 Å². The van der Waals surface area contributed by atoms with Gasteiger partial charge >= 0.3 is 0 Å². The van der Waals surface area contributed by atoms with E-state index in [1.54, 1.807) is 12.3 Å². The van der Waals surface area contributed by atoms with Crippen LogP contribution in [0.5, 0.6) is 0 Å². The van der Waals surface area contributed by atoms with Gasteiger partial charge in [0, 0.05) is 62.3 Å². The average molecular weight is 576 g/mol. The molecule has 2 aromatic heterocycles. The zero-order chi connectivity index (χ0) is 29.2. The summed E-state index contributed by atoms with van der Waals surface area (Å²) in [5.74, 6) is -0.758. The maximum atomic E-state index is 14.7. The van der Waals surface area contributed by atoms with E-state index in [-0.39, 0.29) is 29.5 Å². The number of hydrogen-bond acceptors (Lipinski definition) is 7. The van der Waals surface area contributed by atoms with Crippen LogP contribution < -0.4 is 15.1 Å². The van der Waals surface area contributed by atoms with Crippen molar-refractivity contribution in [1.29, 1.82) is 0 Å². The molecule has 12 heteroatoms. The summed E-state index contributed by atoms with van der Waals surface area (Å²) >= 11 is 0. The van der Waals surface area contributed by atoms with E-state index < -0.39 is 17.7 Å². The molecule has 0 radical (unpaired) electrons. The van der Waals surface area contributed by atoms with Gasteiger partial charge in [0.2, 0.25) is 5.91 Å². The van der Waals surface area contributed by atoms with Gasteiger partial charge in [-0.1, -0.05) is 6.92 Å². The SMILES string of the molecule is CCC(=O)N1CCN(c2ccc(NC(=O)c3cnn4ccc(N5CCOCC5c5cc(F)ccc5F)nc34)cc2)CC1. The summed E-state index contributed by atoms with van der Waals surface area (Å²) in [7, 11) is 0. The van der Waals surface area contributed by atoms with E-state index in [4.69, 9.17) is 9.72 Å². The van der Waals surface area contributed by atoms with E-state index in [9.17, 15) is 18.4 Å². The lowest BCUT2D eigenvalue weighted by Crippen LogP contribution is -2.48. The number of carbonyl (C=O) groups excluding carboxylic acids is 2. The molecule has 0 aliphatic carbocycles. The van der Waals surface area contributed by atoms with Crippen molar-refractivity contribution >= 4 is 34.7 Å². The quantitative estimate of drug-likeness (QED) is 0.373. The number of benzene rings is 2. The Morgan fingerprint density at radius 1 is 1.02 bits per heavy atom. The van der Waals surface area contributed by atoms with Crippen molar-refractivity contribution < 1.29 is 23.1 Å². The van der Waals surface area contributed by atoms with Crippen LogP contribution in [0.1, 0.15) is 35.3 Å². The van der Waals surface area contributed by atoms with Crippen molar-refractivity contribution in [3.8, 4) is 0 Å². The van der Waals surface area contributed by atoms with Gasteiger partial charge in [-0.25, -0.2) is 18.3 Å². The van der Waals surface area contributed by atoms with Crippen LogP contribution >= 0.6 is 0 Å². The second-order valence-corrected chi connectivity index (χ2v) is 10.3. The molecule has 2 amide bonds. The average Bonchev–Trinajstić information content (AvgIpc) is 3.46. The molecule has 218 valence electrons. The third-order valence-corrected chi connectivity index (χ3v) is 7.76. The Morgan fingerprint density at radius 2 is 1.81 bits per heavy atom. The monoisotopic (exact) mass is 575 g/mol. The third-order valence-electron chi connectivity index (χ3n) is 7.76. The molecule has 0 saturated carbocycles. The molecule has 6 rings (SSSR count). The largest absolute Gasteiger partial charge is 0.377 e. The first-order chi connectivity index (χ1) is 20.4. The Morgan fingerprint density at radius 3 is 2.57 bits per heavy atom. The molecule has 2 fully saturated rings. The molecule has 2 aromatic carbocycles. The zero-order valence-corrected chi connectivity index (χ0v) is 23.2. The van der Waals surface area contributed by atoms with Gasteiger partial charge in [-0.15, -0.1) is 0 Å². The minimum Gasteiger partial charge on any atom is -0.377 e. The summed E-state index contributed by atoms with van der Waals surface area (Å²) in [6.07, 6.45) is 3.65. The van der Waals surface area contributed by atoms with Gasteiger partial charge in [0.1, 0.15) is 23.0 Å². The number of nitrogens with zero attached hydrogens (tertiary/aromatic N) is 6. The first kappa shape index (κ1) is 27.6. The molecule has 1 N–H and O–H groups in total. The Kier molecular flexibility index (Phi) is 7.70. The molecule has 42 heavy (non-hydrogen) atoms. The maximum Gasteiger partial charge on any atom is 0.261 e. The number of amides is 2. The number of carbonyl (C=O) groups is 2. The van der Waals surface area contributed by atoms with Crippen LogP contribution in [0.25, 0.3) is 5.65 Å². The molecule has 1 unspecified atom stereocenters. The minimum atomic E-state index is -0.585. The van der Waals surface area contributed by atoms with Crippen molar-refractivity contribution in [2.75, 3.05) is 61.1 Å². The number of hydrogen-bond donors (Lipinski definition) is 1. The van der Waals surface area contributed by atoms with Crippen LogP contribution in [0.3, 0.4) is 0 Å². The highest BCUT2D eigenvalue weighted by molar-refractivity contribution is 6.08. The number of rotatable bonds is 6. The molecule has 2 aliphatic heterocycles. The number of morpholine rings is 1. The van der Waals surface area contributed by atoms with E-state index in [0.717, 1.165) is 30.9 Å². The van der Waals surface area contributed by atoms with Gasteiger partial charge in [-0.2, -0.15) is 5.10 Å². The lowest BCUT2D eigenvalue weighted by atomic mass is 10.0.